The lowest BCUT2D eigenvalue weighted by Gasteiger charge is -2.35. The van der Waals surface area contributed by atoms with E-state index < -0.39 is 15.8 Å². The first kappa shape index (κ1) is 20.5. The van der Waals surface area contributed by atoms with Gasteiger partial charge in [-0.25, -0.2) is 12.8 Å². The van der Waals surface area contributed by atoms with Crippen molar-refractivity contribution in [1.29, 1.82) is 0 Å². The number of hydrogen-bond donors (Lipinski definition) is 0. The Balaban J connectivity index is 1.86. The Morgan fingerprint density at radius 2 is 1.93 bits per heavy atom. The quantitative estimate of drug-likeness (QED) is 0.704. The number of likely N-dealkylation sites (tertiary alicyclic amines) is 1. The van der Waals surface area contributed by atoms with Gasteiger partial charge in [0.1, 0.15) is 16.5 Å². The Morgan fingerprint density at radius 3 is 2.59 bits per heavy atom. The second-order valence-electron chi connectivity index (χ2n) is 7.16. The summed E-state index contributed by atoms with van der Waals surface area (Å²) in [6, 6.07) is 3.50. The highest BCUT2D eigenvalue weighted by atomic mass is 32.2. The van der Waals surface area contributed by atoms with E-state index in [0.717, 1.165) is 32.0 Å². The van der Waals surface area contributed by atoms with E-state index in [4.69, 9.17) is 9.47 Å². The summed E-state index contributed by atoms with van der Waals surface area (Å²) in [5.74, 6) is -0.413. The molecule has 6 nitrogen and oxygen atoms in total. The van der Waals surface area contributed by atoms with Crippen LogP contribution in [0.2, 0.25) is 0 Å². The maximum Gasteiger partial charge on any atom is 0.247 e. The number of piperidine rings is 1. The molecular weight excluding hydrogens is 371 g/mol. The number of halogens is 1. The van der Waals surface area contributed by atoms with Crippen molar-refractivity contribution in [2.45, 2.75) is 43.0 Å². The van der Waals surface area contributed by atoms with Crippen LogP contribution >= 0.6 is 0 Å². The molecule has 0 aliphatic carbocycles. The van der Waals surface area contributed by atoms with Gasteiger partial charge in [0.15, 0.2) is 0 Å². The van der Waals surface area contributed by atoms with Gasteiger partial charge in [0.2, 0.25) is 10.0 Å². The normalized spacial score (nSPS) is 20.1. The number of methoxy groups -OCH3 is 1. The van der Waals surface area contributed by atoms with Gasteiger partial charge in [-0.1, -0.05) is 6.42 Å². The molecule has 0 amide bonds. The smallest absolute Gasteiger partial charge is 0.247 e. The number of nitrogens with zero attached hydrogens (tertiary/aromatic N) is 2. The molecule has 27 heavy (non-hydrogen) atoms. The molecule has 2 fully saturated rings. The lowest BCUT2D eigenvalue weighted by Crippen LogP contribution is -2.47. The van der Waals surface area contributed by atoms with Crippen LogP contribution in [0.25, 0.3) is 0 Å². The highest BCUT2D eigenvalue weighted by molar-refractivity contribution is 7.89. The molecule has 2 heterocycles. The van der Waals surface area contributed by atoms with Crippen LogP contribution in [-0.2, 0) is 14.8 Å². The second-order valence-corrected chi connectivity index (χ2v) is 9.02. The average Bonchev–Trinajstić information content (AvgIpc) is 2.69. The minimum atomic E-state index is -3.88. The summed E-state index contributed by atoms with van der Waals surface area (Å²) in [5.41, 5.74) is 0. The first-order valence-corrected chi connectivity index (χ1v) is 11.1. The van der Waals surface area contributed by atoms with Gasteiger partial charge in [-0.3, -0.25) is 0 Å². The van der Waals surface area contributed by atoms with Gasteiger partial charge in [0.05, 0.1) is 7.11 Å². The third-order valence-electron chi connectivity index (χ3n) is 5.40. The van der Waals surface area contributed by atoms with Gasteiger partial charge in [-0.05, 0) is 57.0 Å². The van der Waals surface area contributed by atoms with Crippen LogP contribution in [0.15, 0.2) is 23.1 Å². The highest BCUT2D eigenvalue weighted by Gasteiger charge is 2.35. The Labute approximate surface area is 161 Å². The predicted octanol–water partition coefficient (Wildman–Crippen LogP) is 2.49. The molecular formula is C19H29FN2O4S. The second kappa shape index (κ2) is 9.32. The molecule has 0 radical (unpaired) electrons. The Morgan fingerprint density at radius 1 is 1.22 bits per heavy atom. The molecule has 0 spiro atoms. The zero-order valence-corrected chi connectivity index (χ0v) is 16.7. The molecule has 8 heteroatoms. The molecule has 0 unspecified atom stereocenters. The number of ether oxygens (including phenoxy) is 2. The largest absolute Gasteiger partial charge is 0.495 e. The molecule has 1 aromatic carbocycles. The van der Waals surface area contributed by atoms with Crippen molar-refractivity contribution in [3.8, 4) is 5.75 Å². The van der Waals surface area contributed by atoms with E-state index in [0.29, 0.717) is 39.1 Å². The summed E-state index contributed by atoms with van der Waals surface area (Å²) < 4.78 is 52.9. The number of hydrogen-bond acceptors (Lipinski definition) is 5. The van der Waals surface area contributed by atoms with E-state index in [1.165, 1.54) is 25.7 Å². The lowest BCUT2D eigenvalue weighted by molar-refractivity contribution is 0.0557. The van der Waals surface area contributed by atoms with Crippen molar-refractivity contribution in [3.05, 3.63) is 24.0 Å². The van der Waals surface area contributed by atoms with Crippen molar-refractivity contribution in [3.63, 3.8) is 0 Å². The first-order chi connectivity index (χ1) is 13.0. The fourth-order valence-electron chi connectivity index (χ4n) is 3.87. The summed E-state index contributed by atoms with van der Waals surface area (Å²) in [7, 11) is -2.48. The van der Waals surface area contributed by atoms with Crippen LogP contribution in [0.1, 0.15) is 32.1 Å². The summed E-state index contributed by atoms with van der Waals surface area (Å²) in [6.07, 6.45) is 4.84. The summed E-state index contributed by atoms with van der Waals surface area (Å²) in [4.78, 5) is 2.21. The molecule has 1 aromatic rings. The maximum absolute atomic E-state index is 13.8. The van der Waals surface area contributed by atoms with Crippen molar-refractivity contribution in [1.82, 2.24) is 9.21 Å². The average molecular weight is 401 g/mol. The van der Waals surface area contributed by atoms with Crippen molar-refractivity contribution < 1.29 is 22.3 Å². The fraction of sp³-hybridized carbons (Fsp3) is 0.684. The summed E-state index contributed by atoms with van der Waals surface area (Å²) >= 11 is 0. The van der Waals surface area contributed by atoms with Crippen LogP contribution in [-0.4, -0.2) is 70.2 Å². The zero-order valence-electron chi connectivity index (χ0n) is 15.9. The minimum absolute atomic E-state index is 0.102. The van der Waals surface area contributed by atoms with Gasteiger partial charge in [-0.2, -0.15) is 4.31 Å². The SMILES string of the molecule is COc1ccc(F)cc1S(=O)(=O)N(CCN1CCCCC1)C1CCOCC1. The number of sulfonamides is 1. The van der Waals surface area contributed by atoms with Crippen molar-refractivity contribution >= 4 is 10.0 Å². The van der Waals surface area contributed by atoms with Crippen LogP contribution < -0.4 is 4.74 Å². The molecule has 0 atom stereocenters. The number of benzene rings is 1. The maximum atomic E-state index is 13.8. The summed E-state index contributed by atoms with van der Waals surface area (Å²) in [5, 5.41) is 0. The predicted molar refractivity (Wildman–Crippen MR) is 101 cm³/mol. The van der Waals surface area contributed by atoms with E-state index in [1.54, 1.807) is 4.31 Å². The van der Waals surface area contributed by atoms with E-state index in [1.807, 2.05) is 0 Å². The van der Waals surface area contributed by atoms with Gasteiger partial charge >= 0.3 is 0 Å². The Hall–Kier alpha value is -1.22. The third-order valence-corrected chi connectivity index (χ3v) is 7.37. The molecule has 0 aromatic heterocycles. The fourth-order valence-corrected chi connectivity index (χ4v) is 5.72. The van der Waals surface area contributed by atoms with E-state index in [9.17, 15) is 12.8 Å². The number of rotatable bonds is 7. The standard InChI is InChI=1S/C19H29FN2O4S/c1-25-18-6-5-16(20)15-19(18)27(23,24)22(17-7-13-26-14-8-17)12-11-21-9-3-2-4-10-21/h5-6,15,17H,2-4,7-14H2,1H3. The third kappa shape index (κ3) is 4.99. The molecule has 2 aliphatic heterocycles. The molecule has 2 saturated heterocycles. The van der Waals surface area contributed by atoms with Crippen molar-refractivity contribution in [2.24, 2.45) is 0 Å². The topological polar surface area (TPSA) is 59.1 Å². The van der Waals surface area contributed by atoms with E-state index in [2.05, 4.69) is 4.90 Å². The van der Waals surface area contributed by atoms with Crippen molar-refractivity contribution in [2.75, 3.05) is 46.5 Å². The van der Waals surface area contributed by atoms with Gasteiger partial charge < -0.3 is 14.4 Å². The molecule has 3 rings (SSSR count). The Bertz CT molecular complexity index is 716. The van der Waals surface area contributed by atoms with E-state index in [-0.39, 0.29) is 16.7 Å². The molecule has 2 aliphatic rings. The molecule has 0 N–H and O–H groups in total. The molecule has 0 bridgehead atoms. The Kier molecular flexibility index (Phi) is 7.08. The molecule has 0 saturated carbocycles. The van der Waals surface area contributed by atoms with Gasteiger partial charge in [0.25, 0.3) is 0 Å². The monoisotopic (exact) mass is 400 g/mol. The highest BCUT2D eigenvalue weighted by Crippen LogP contribution is 2.30. The van der Waals surface area contributed by atoms with Crippen LogP contribution in [0.4, 0.5) is 4.39 Å². The van der Waals surface area contributed by atoms with Crippen LogP contribution in [0.3, 0.4) is 0 Å². The van der Waals surface area contributed by atoms with Crippen LogP contribution in [0, 0.1) is 5.82 Å². The van der Waals surface area contributed by atoms with Crippen LogP contribution in [0.5, 0.6) is 5.75 Å². The minimum Gasteiger partial charge on any atom is -0.495 e. The lowest BCUT2D eigenvalue weighted by atomic mass is 10.1. The first-order valence-electron chi connectivity index (χ1n) is 9.68. The van der Waals surface area contributed by atoms with Gasteiger partial charge in [0, 0.05) is 32.3 Å². The van der Waals surface area contributed by atoms with E-state index >= 15 is 0 Å². The summed E-state index contributed by atoms with van der Waals surface area (Å²) in [6.45, 7) is 4.18. The van der Waals surface area contributed by atoms with Gasteiger partial charge in [-0.15, -0.1) is 0 Å². The zero-order chi connectivity index (χ0) is 19.3. The molecule has 152 valence electrons.